The van der Waals surface area contributed by atoms with Crippen LogP contribution < -0.4 is 0 Å². The number of carbonyl (C=O) groups is 1. The molecule has 0 amide bonds. The SMILES string of the molecule is CCc1cc(Cn2cc(C=O)cn2)n(C)n1. The molecule has 2 rings (SSSR count). The molecule has 2 aromatic rings. The molecule has 0 aliphatic heterocycles. The summed E-state index contributed by atoms with van der Waals surface area (Å²) in [6.45, 7) is 2.71. The number of aldehydes is 1. The zero-order chi connectivity index (χ0) is 11.5. The van der Waals surface area contributed by atoms with Crippen molar-refractivity contribution in [1.29, 1.82) is 0 Å². The third-order valence-corrected chi connectivity index (χ3v) is 2.50. The summed E-state index contributed by atoms with van der Waals surface area (Å²) in [5, 5.41) is 8.46. The van der Waals surface area contributed by atoms with Crippen molar-refractivity contribution in [2.45, 2.75) is 19.9 Å². The highest BCUT2D eigenvalue weighted by Gasteiger charge is 2.05. The Labute approximate surface area is 93.7 Å². The molecule has 0 aliphatic rings. The predicted molar refractivity (Wildman–Crippen MR) is 59.3 cm³/mol. The fourth-order valence-corrected chi connectivity index (χ4v) is 1.59. The zero-order valence-corrected chi connectivity index (χ0v) is 9.42. The Morgan fingerprint density at radius 1 is 1.50 bits per heavy atom. The van der Waals surface area contributed by atoms with E-state index in [1.54, 1.807) is 17.1 Å². The number of aryl methyl sites for hydroxylation is 2. The van der Waals surface area contributed by atoms with Crippen molar-refractivity contribution in [2.75, 3.05) is 0 Å². The van der Waals surface area contributed by atoms with E-state index in [0.717, 1.165) is 24.1 Å². The van der Waals surface area contributed by atoms with Crippen molar-refractivity contribution in [2.24, 2.45) is 7.05 Å². The molecule has 2 heterocycles. The largest absolute Gasteiger partial charge is 0.298 e. The number of hydrogen-bond acceptors (Lipinski definition) is 3. The maximum Gasteiger partial charge on any atom is 0.153 e. The summed E-state index contributed by atoms with van der Waals surface area (Å²) in [6.07, 6.45) is 5.01. The molecular formula is C11H14N4O. The summed E-state index contributed by atoms with van der Waals surface area (Å²) in [5.74, 6) is 0. The van der Waals surface area contributed by atoms with Crippen LogP contribution >= 0.6 is 0 Å². The second-order valence-electron chi connectivity index (χ2n) is 3.69. The van der Waals surface area contributed by atoms with Crippen LogP contribution in [0.2, 0.25) is 0 Å². The molecule has 0 fully saturated rings. The first-order chi connectivity index (χ1) is 7.72. The lowest BCUT2D eigenvalue weighted by Gasteiger charge is -2.01. The summed E-state index contributed by atoms with van der Waals surface area (Å²) in [5.41, 5.74) is 2.75. The van der Waals surface area contributed by atoms with Gasteiger partial charge in [0, 0.05) is 13.2 Å². The molecule has 0 bridgehead atoms. The van der Waals surface area contributed by atoms with Crippen LogP contribution in [0.25, 0.3) is 0 Å². The Hall–Kier alpha value is -1.91. The maximum absolute atomic E-state index is 10.5. The molecule has 5 nitrogen and oxygen atoms in total. The first kappa shape index (κ1) is 10.6. The summed E-state index contributed by atoms with van der Waals surface area (Å²) in [4.78, 5) is 10.5. The van der Waals surface area contributed by atoms with Gasteiger partial charge in [-0.2, -0.15) is 10.2 Å². The van der Waals surface area contributed by atoms with Gasteiger partial charge in [0.15, 0.2) is 6.29 Å². The first-order valence-corrected chi connectivity index (χ1v) is 5.22. The standard InChI is InChI=1S/C11H14N4O/c1-3-10-4-11(14(2)13-10)7-15-6-9(8-16)5-12-15/h4-6,8H,3,7H2,1-2H3. The van der Waals surface area contributed by atoms with Crippen molar-refractivity contribution < 1.29 is 4.79 Å². The minimum atomic E-state index is 0.595. The average molecular weight is 218 g/mol. The third-order valence-electron chi connectivity index (χ3n) is 2.50. The molecule has 2 aromatic heterocycles. The molecule has 0 saturated carbocycles. The Morgan fingerprint density at radius 3 is 2.88 bits per heavy atom. The Balaban J connectivity index is 2.19. The van der Waals surface area contributed by atoms with Gasteiger partial charge in [0.2, 0.25) is 0 Å². The van der Waals surface area contributed by atoms with Crippen molar-refractivity contribution in [3.8, 4) is 0 Å². The second-order valence-corrected chi connectivity index (χ2v) is 3.69. The summed E-state index contributed by atoms with van der Waals surface area (Å²) in [7, 11) is 1.92. The van der Waals surface area contributed by atoms with Gasteiger partial charge in [-0.15, -0.1) is 0 Å². The van der Waals surface area contributed by atoms with E-state index < -0.39 is 0 Å². The molecule has 16 heavy (non-hydrogen) atoms. The van der Waals surface area contributed by atoms with Gasteiger partial charge in [-0.05, 0) is 12.5 Å². The van der Waals surface area contributed by atoms with E-state index in [-0.39, 0.29) is 0 Å². The Morgan fingerprint density at radius 2 is 2.31 bits per heavy atom. The van der Waals surface area contributed by atoms with Gasteiger partial charge >= 0.3 is 0 Å². The van der Waals surface area contributed by atoms with Gasteiger partial charge < -0.3 is 0 Å². The molecule has 84 valence electrons. The minimum absolute atomic E-state index is 0.595. The average Bonchev–Trinajstić information content (AvgIpc) is 2.87. The smallest absolute Gasteiger partial charge is 0.153 e. The molecule has 0 aromatic carbocycles. The molecule has 5 heteroatoms. The van der Waals surface area contributed by atoms with E-state index in [0.29, 0.717) is 12.1 Å². The number of carbonyl (C=O) groups excluding carboxylic acids is 1. The van der Waals surface area contributed by atoms with Crippen molar-refractivity contribution in [3.05, 3.63) is 35.4 Å². The minimum Gasteiger partial charge on any atom is -0.298 e. The molecular weight excluding hydrogens is 204 g/mol. The highest BCUT2D eigenvalue weighted by atomic mass is 16.1. The van der Waals surface area contributed by atoms with Crippen LogP contribution in [0.5, 0.6) is 0 Å². The van der Waals surface area contributed by atoms with Gasteiger partial charge in [0.05, 0.1) is 29.7 Å². The molecule has 0 N–H and O–H groups in total. The number of nitrogens with zero attached hydrogens (tertiary/aromatic N) is 4. The predicted octanol–water partition coefficient (Wildman–Crippen LogP) is 1.04. The molecule has 0 spiro atoms. The third kappa shape index (κ3) is 2.03. The van der Waals surface area contributed by atoms with Crippen LogP contribution in [0.1, 0.15) is 28.7 Å². The fraction of sp³-hybridized carbons (Fsp3) is 0.364. The number of rotatable bonds is 4. The lowest BCUT2D eigenvalue weighted by molar-refractivity contribution is 0.112. The summed E-state index contributed by atoms with van der Waals surface area (Å²) < 4.78 is 3.58. The molecule has 0 aliphatic carbocycles. The van der Waals surface area contributed by atoms with Gasteiger partial charge in [0.25, 0.3) is 0 Å². The molecule has 0 radical (unpaired) electrons. The van der Waals surface area contributed by atoms with Crippen LogP contribution in [0, 0.1) is 0 Å². The quantitative estimate of drug-likeness (QED) is 0.720. The highest BCUT2D eigenvalue weighted by molar-refractivity contribution is 5.73. The Bertz CT molecular complexity index is 498. The molecule has 0 saturated heterocycles. The van der Waals surface area contributed by atoms with Crippen LogP contribution in [0.15, 0.2) is 18.5 Å². The lowest BCUT2D eigenvalue weighted by atomic mass is 10.3. The van der Waals surface area contributed by atoms with Gasteiger partial charge in [-0.1, -0.05) is 6.92 Å². The van der Waals surface area contributed by atoms with Crippen molar-refractivity contribution >= 4 is 6.29 Å². The van der Waals surface area contributed by atoms with Crippen LogP contribution in [-0.2, 0) is 20.0 Å². The van der Waals surface area contributed by atoms with E-state index in [1.807, 2.05) is 11.7 Å². The first-order valence-electron chi connectivity index (χ1n) is 5.22. The van der Waals surface area contributed by atoms with Crippen LogP contribution in [0.3, 0.4) is 0 Å². The zero-order valence-electron chi connectivity index (χ0n) is 9.42. The maximum atomic E-state index is 10.5. The summed E-state index contributed by atoms with van der Waals surface area (Å²) >= 11 is 0. The van der Waals surface area contributed by atoms with E-state index >= 15 is 0 Å². The van der Waals surface area contributed by atoms with Gasteiger partial charge in [0.1, 0.15) is 0 Å². The van der Waals surface area contributed by atoms with E-state index in [2.05, 4.69) is 23.2 Å². The molecule has 0 unspecified atom stereocenters. The van der Waals surface area contributed by atoms with E-state index in [1.165, 1.54) is 0 Å². The highest BCUT2D eigenvalue weighted by Crippen LogP contribution is 2.06. The van der Waals surface area contributed by atoms with Gasteiger partial charge in [-0.25, -0.2) is 0 Å². The van der Waals surface area contributed by atoms with Gasteiger partial charge in [-0.3, -0.25) is 14.2 Å². The number of hydrogen-bond donors (Lipinski definition) is 0. The Kier molecular flexibility index (Phi) is 2.85. The monoisotopic (exact) mass is 218 g/mol. The normalized spacial score (nSPS) is 10.6. The van der Waals surface area contributed by atoms with Crippen LogP contribution in [0.4, 0.5) is 0 Å². The fourth-order valence-electron chi connectivity index (χ4n) is 1.59. The topological polar surface area (TPSA) is 52.7 Å². The summed E-state index contributed by atoms with van der Waals surface area (Å²) in [6, 6.07) is 2.06. The van der Waals surface area contributed by atoms with Crippen molar-refractivity contribution in [3.63, 3.8) is 0 Å². The van der Waals surface area contributed by atoms with Crippen LogP contribution in [-0.4, -0.2) is 25.8 Å². The lowest BCUT2D eigenvalue weighted by Crippen LogP contribution is -2.05. The second kappa shape index (κ2) is 4.30. The van der Waals surface area contributed by atoms with E-state index in [4.69, 9.17) is 0 Å². The number of aromatic nitrogens is 4. The molecule has 0 atom stereocenters. The van der Waals surface area contributed by atoms with E-state index in [9.17, 15) is 4.79 Å². The van der Waals surface area contributed by atoms with Crippen molar-refractivity contribution in [1.82, 2.24) is 19.6 Å².